The molecule has 0 radical (unpaired) electrons. The van der Waals surface area contributed by atoms with Gasteiger partial charge in [-0.25, -0.2) is 0 Å². The van der Waals surface area contributed by atoms with Gasteiger partial charge in [-0.15, -0.1) is 0 Å². The number of hydrogen-bond acceptors (Lipinski definition) is 3. The van der Waals surface area contributed by atoms with E-state index in [1.165, 1.54) is 0 Å². The predicted octanol–water partition coefficient (Wildman–Crippen LogP) is 2.67. The first-order chi connectivity index (χ1) is 7.99. The average Bonchev–Trinajstić information content (AvgIpc) is 2.30. The smallest absolute Gasteiger partial charge is 0.243 e. The van der Waals surface area contributed by atoms with Gasteiger partial charge in [0.1, 0.15) is 5.41 Å². The van der Waals surface area contributed by atoms with Gasteiger partial charge >= 0.3 is 0 Å². The van der Waals surface area contributed by atoms with Crippen LogP contribution < -0.4 is 0 Å². The lowest BCUT2D eigenvalue weighted by molar-refractivity contribution is -0.139. The Labute approximate surface area is 109 Å². The number of amides is 1. The second kappa shape index (κ2) is 5.77. The van der Waals surface area contributed by atoms with Crippen molar-refractivity contribution >= 4 is 17.7 Å². The predicted molar refractivity (Wildman–Crippen MR) is 71.7 cm³/mol. The van der Waals surface area contributed by atoms with E-state index in [2.05, 4.69) is 19.9 Å². The standard InChI is InChI=1S/C13H22N2OS/c1-5-13(6-2,9-14)12(16)15-7-10(3)17-11(4)8-15/h10-11H,5-8H2,1-4H3. The molecule has 0 saturated carbocycles. The summed E-state index contributed by atoms with van der Waals surface area (Å²) in [5.41, 5.74) is -0.804. The lowest BCUT2D eigenvalue weighted by Gasteiger charge is -2.38. The van der Waals surface area contributed by atoms with E-state index in [0.29, 0.717) is 23.3 Å². The fourth-order valence-electron chi connectivity index (χ4n) is 2.40. The molecule has 3 nitrogen and oxygen atoms in total. The molecule has 0 aromatic heterocycles. The Hall–Kier alpha value is -0.690. The van der Waals surface area contributed by atoms with Crippen molar-refractivity contribution in [2.75, 3.05) is 13.1 Å². The number of carbonyl (C=O) groups excluding carboxylic acids is 1. The molecule has 4 heteroatoms. The van der Waals surface area contributed by atoms with Crippen molar-refractivity contribution in [3.8, 4) is 6.07 Å². The number of nitriles is 1. The maximum Gasteiger partial charge on any atom is 0.243 e. The summed E-state index contributed by atoms with van der Waals surface area (Å²) in [5, 5.41) is 10.2. The molecule has 0 aromatic carbocycles. The Morgan fingerprint density at radius 1 is 1.35 bits per heavy atom. The zero-order valence-corrected chi connectivity index (χ0v) is 12.0. The third-order valence-corrected chi connectivity index (χ3v) is 4.76. The highest BCUT2D eigenvalue weighted by atomic mass is 32.2. The van der Waals surface area contributed by atoms with Crippen LogP contribution in [0.25, 0.3) is 0 Å². The zero-order chi connectivity index (χ0) is 13.1. The van der Waals surface area contributed by atoms with Crippen LogP contribution in [-0.4, -0.2) is 34.4 Å². The van der Waals surface area contributed by atoms with E-state index in [-0.39, 0.29) is 5.91 Å². The van der Waals surface area contributed by atoms with Gasteiger partial charge in [-0.2, -0.15) is 17.0 Å². The van der Waals surface area contributed by atoms with Crippen molar-refractivity contribution < 1.29 is 4.79 Å². The Morgan fingerprint density at radius 2 is 1.82 bits per heavy atom. The van der Waals surface area contributed by atoms with Crippen molar-refractivity contribution in [1.82, 2.24) is 4.90 Å². The Morgan fingerprint density at radius 3 is 2.18 bits per heavy atom. The molecule has 1 amide bonds. The van der Waals surface area contributed by atoms with E-state index in [1.54, 1.807) is 0 Å². The number of nitrogens with zero attached hydrogens (tertiary/aromatic N) is 2. The van der Waals surface area contributed by atoms with Crippen molar-refractivity contribution in [3.05, 3.63) is 0 Å². The van der Waals surface area contributed by atoms with Gasteiger partial charge in [-0.1, -0.05) is 27.7 Å². The SMILES string of the molecule is CCC(C#N)(CC)C(=O)N1CC(C)SC(C)C1. The Balaban J connectivity index is 2.85. The molecule has 0 aliphatic carbocycles. The lowest BCUT2D eigenvalue weighted by Crippen LogP contribution is -2.50. The summed E-state index contributed by atoms with van der Waals surface area (Å²) >= 11 is 1.92. The average molecular weight is 254 g/mol. The normalized spacial score (nSPS) is 25.5. The van der Waals surface area contributed by atoms with Crippen LogP contribution in [0.4, 0.5) is 0 Å². The van der Waals surface area contributed by atoms with Gasteiger partial charge in [-0.3, -0.25) is 4.79 Å². The van der Waals surface area contributed by atoms with Gasteiger partial charge in [0.15, 0.2) is 0 Å². The fourth-order valence-corrected chi connectivity index (χ4v) is 3.73. The van der Waals surface area contributed by atoms with Crippen LogP contribution in [-0.2, 0) is 4.79 Å². The third kappa shape index (κ3) is 2.95. The number of hydrogen-bond donors (Lipinski definition) is 0. The van der Waals surface area contributed by atoms with Crippen LogP contribution in [0.5, 0.6) is 0 Å². The molecule has 2 unspecified atom stereocenters. The number of rotatable bonds is 3. The van der Waals surface area contributed by atoms with E-state index < -0.39 is 5.41 Å². The summed E-state index contributed by atoms with van der Waals surface area (Å²) in [6.45, 7) is 9.69. The minimum Gasteiger partial charge on any atom is -0.339 e. The van der Waals surface area contributed by atoms with Crippen LogP contribution >= 0.6 is 11.8 Å². The molecule has 1 heterocycles. The summed E-state index contributed by atoms with van der Waals surface area (Å²) in [6.07, 6.45) is 1.20. The van der Waals surface area contributed by atoms with Crippen molar-refractivity contribution in [2.45, 2.75) is 51.0 Å². The van der Waals surface area contributed by atoms with E-state index in [4.69, 9.17) is 0 Å². The molecule has 2 atom stereocenters. The van der Waals surface area contributed by atoms with Crippen LogP contribution in [0, 0.1) is 16.7 Å². The Bertz CT molecular complexity index is 310. The molecule has 1 aliphatic heterocycles. The van der Waals surface area contributed by atoms with E-state index in [9.17, 15) is 10.1 Å². The maximum atomic E-state index is 12.5. The summed E-state index contributed by atoms with van der Waals surface area (Å²) in [7, 11) is 0. The molecule has 1 saturated heterocycles. The van der Waals surface area contributed by atoms with Gasteiger partial charge in [0.25, 0.3) is 0 Å². The summed E-state index contributed by atoms with van der Waals surface area (Å²) in [5.74, 6) is 0.0315. The van der Waals surface area contributed by atoms with Gasteiger partial charge in [-0.05, 0) is 12.8 Å². The number of thioether (sulfide) groups is 1. The summed E-state index contributed by atoms with van der Waals surface area (Å²) in [6, 6.07) is 2.24. The highest BCUT2D eigenvalue weighted by Gasteiger charge is 2.40. The molecule has 96 valence electrons. The van der Waals surface area contributed by atoms with Crippen molar-refractivity contribution in [3.63, 3.8) is 0 Å². The molecule has 0 spiro atoms. The van der Waals surface area contributed by atoms with Gasteiger partial charge in [0, 0.05) is 23.6 Å². The van der Waals surface area contributed by atoms with Gasteiger partial charge < -0.3 is 4.90 Å². The minimum absolute atomic E-state index is 0.0315. The van der Waals surface area contributed by atoms with E-state index in [1.807, 2.05) is 30.5 Å². The van der Waals surface area contributed by atoms with Crippen molar-refractivity contribution in [1.29, 1.82) is 5.26 Å². The maximum absolute atomic E-state index is 12.5. The zero-order valence-electron chi connectivity index (χ0n) is 11.2. The molecule has 1 fully saturated rings. The largest absolute Gasteiger partial charge is 0.339 e. The van der Waals surface area contributed by atoms with Crippen LogP contribution in [0.2, 0.25) is 0 Å². The van der Waals surface area contributed by atoms with Crippen LogP contribution in [0.15, 0.2) is 0 Å². The summed E-state index contributed by atoms with van der Waals surface area (Å²) < 4.78 is 0. The molecule has 1 rings (SSSR count). The van der Waals surface area contributed by atoms with Crippen molar-refractivity contribution in [2.24, 2.45) is 5.41 Å². The monoisotopic (exact) mass is 254 g/mol. The van der Waals surface area contributed by atoms with E-state index >= 15 is 0 Å². The molecule has 0 bridgehead atoms. The van der Waals surface area contributed by atoms with Crippen LogP contribution in [0.1, 0.15) is 40.5 Å². The fraction of sp³-hybridized carbons (Fsp3) is 0.846. The molecule has 17 heavy (non-hydrogen) atoms. The molecular weight excluding hydrogens is 232 g/mol. The lowest BCUT2D eigenvalue weighted by atomic mass is 9.82. The quantitative estimate of drug-likeness (QED) is 0.777. The topological polar surface area (TPSA) is 44.1 Å². The first kappa shape index (κ1) is 14.4. The first-order valence-corrected chi connectivity index (χ1v) is 7.29. The molecular formula is C13H22N2OS. The van der Waals surface area contributed by atoms with E-state index in [0.717, 1.165) is 13.1 Å². The minimum atomic E-state index is -0.804. The second-order valence-electron chi connectivity index (χ2n) is 4.87. The molecule has 0 N–H and O–H groups in total. The van der Waals surface area contributed by atoms with Gasteiger partial charge in [0.05, 0.1) is 6.07 Å². The molecule has 1 aliphatic rings. The van der Waals surface area contributed by atoms with Gasteiger partial charge in [0.2, 0.25) is 5.91 Å². The second-order valence-corrected chi connectivity index (χ2v) is 6.75. The number of carbonyl (C=O) groups is 1. The van der Waals surface area contributed by atoms with Crippen LogP contribution in [0.3, 0.4) is 0 Å². The summed E-state index contributed by atoms with van der Waals surface area (Å²) in [4.78, 5) is 14.4. The highest BCUT2D eigenvalue weighted by Crippen LogP contribution is 2.32. The highest BCUT2D eigenvalue weighted by molar-refractivity contribution is 8.00. The molecule has 0 aromatic rings. The Kier molecular flexibility index (Phi) is 4.88. The third-order valence-electron chi connectivity index (χ3n) is 3.54. The first-order valence-electron chi connectivity index (χ1n) is 6.35.